The van der Waals surface area contributed by atoms with Gasteiger partial charge in [-0.25, -0.2) is 9.18 Å². The highest BCUT2D eigenvalue weighted by Gasteiger charge is 2.30. The lowest BCUT2D eigenvalue weighted by molar-refractivity contribution is 0.101. The van der Waals surface area contributed by atoms with Gasteiger partial charge in [0, 0.05) is 29.4 Å². The van der Waals surface area contributed by atoms with Crippen molar-refractivity contribution < 1.29 is 14.0 Å². The first-order valence-corrected chi connectivity index (χ1v) is 12.7. The zero-order chi connectivity index (χ0) is 23.9. The van der Waals surface area contributed by atoms with Gasteiger partial charge in [-0.15, -0.1) is 0 Å². The van der Waals surface area contributed by atoms with Crippen molar-refractivity contribution in [2.24, 2.45) is 5.92 Å². The summed E-state index contributed by atoms with van der Waals surface area (Å²) in [6, 6.07) is 14.5. The number of Topliss-reactive ketones (excluding diaryl/α,β-unsaturated/α-hetero) is 1. The Bertz CT molecular complexity index is 978. The fourth-order valence-electron chi connectivity index (χ4n) is 5.54. The number of ketones is 1. The maximum Gasteiger partial charge on any atom is 0.319 e. The van der Waals surface area contributed by atoms with Crippen LogP contribution >= 0.6 is 0 Å². The van der Waals surface area contributed by atoms with Crippen molar-refractivity contribution in [1.82, 2.24) is 10.6 Å². The number of rotatable bonds is 7. The first-order valence-electron chi connectivity index (χ1n) is 12.7. The number of hydrogen-bond acceptors (Lipinski definition) is 3. The summed E-state index contributed by atoms with van der Waals surface area (Å²) in [5.74, 6) is 0.396. The molecule has 2 aliphatic carbocycles. The molecule has 182 valence electrons. The van der Waals surface area contributed by atoms with Gasteiger partial charge in [0.15, 0.2) is 5.78 Å². The molecule has 4 rings (SSSR count). The Labute approximate surface area is 201 Å². The Morgan fingerprint density at radius 2 is 1.71 bits per heavy atom. The Kier molecular flexibility index (Phi) is 8.33. The van der Waals surface area contributed by atoms with Gasteiger partial charge in [0.05, 0.1) is 0 Å². The van der Waals surface area contributed by atoms with Gasteiger partial charge in [-0.05, 0) is 74.8 Å². The predicted molar refractivity (Wildman–Crippen MR) is 134 cm³/mol. The lowest BCUT2D eigenvalue weighted by Crippen LogP contribution is -2.55. The molecule has 2 aromatic carbocycles. The smallest absolute Gasteiger partial charge is 0.319 e. The summed E-state index contributed by atoms with van der Waals surface area (Å²) in [7, 11) is 0. The molecule has 4 atom stereocenters. The zero-order valence-corrected chi connectivity index (χ0v) is 20.0. The van der Waals surface area contributed by atoms with E-state index >= 15 is 0 Å². The Morgan fingerprint density at radius 3 is 2.47 bits per heavy atom. The van der Waals surface area contributed by atoms with Gasteiger partial charge in [0.25, 0.3) is 0 Å². The van der Waals surface area contributed by atoms with E-state index in [1.165, 1.54) is 31.7 Å². The molecular formula is C28H36FN3O2. The molecule has 2 aliphatic rings. The van der Waals surface area contributed by atoms with Crippen LogP contribution in [0.5, 0.6) is 0 Å². The number of carbonyl (C=O) groups is 2. The molecule has 2 amide bonds. The van der Waals surface area contributed by atoms with E-state index in [2.05, 4.69) is 16.0 Å². The minimum absolute atomic E-state index is 0.0224. The molecule has 0 unspecified atom stereocenters. The van der Waals surface area contributed by atoms with Gasteiger partial charge in [-0.2, -0.15) is 0 Å². The molecule has 2 fully saturated rings. The van der Waals surface area contributed by atoms with E-state index in [0.717, 1.165) is 38.5 Å². The van der Waals surface area contributed by atoms with Crippen molar-refractivity contribution in [3.8, 4) is 0 Å². The molecule has 34 heavy (non-hydrogen) atoms. The molecule has 2 saturated carbocycles. The average Bonchev–Trinajstić information content (AvgIpc) is 2.82. The third-order valence-corrected chi connectivity index (χ3v) is 7.28. The van der Waals surface area contributed by atoms with Crippen LogP contribution in [-0.2, 0) is 6.42 Å². The fraction of sp³-hybridized carbons (Fsp3) is 0.500. The third-order valence-electron chi connectivity index (χ3n) is 7.28. The van der Waals surface area contributed by atoms with Crippen LogP contribution in [0.4, 0.5) is 14.9 Å². The number of hydrogen-bond donors (Lipinski definition) is 3. The molecule has 0 heterocycles. The molecule has 0 saturated heterocycles. The normalized spacial score (nSPS) is 24.9. The van der Waals surface area contributed by atoms with Crippen molar-refractivity contribution in [2.45, 2.75) is 82.8 Å². The van der Waals surface area contributed by atoms with Crippen molar-refractivity contribution in [3.63, 3.8) is 0 Å². The van der Waals surface area contributed by atoms with E-state index in [0.29, 0.717) is 23.2 Å². The number of urea groups is 1. The van der Waals surface area contributed by atoms with Crippen molar-refractivity contribution in [2.75, 3.05) is 5.32 Å². The van der Waals surface area contributed by atoms with Crippen molar-refractivity contribution in [1.29, 1.82) is 0 Å². The number of carbonyl (C=O) groups excluding carboxylic acids is 2. The lowest BCUT2D eigenvalue weighted by atomic mass is 9.81. The second-order valence-corrected chi connectivity index (χ2v) is 9.96. The fourth-order valence-corrected chi connectivity index (χ4v) is 5.54. The first-order chi connectivity index (χ1) is 16.5. The van der Waals surface area contributed by atoms with Crippen LogP contribution in [0.3, 0.4) is 0 Å². The van der Waals surface area contributed by atoms with Crippen molar-refractivity contribution in [3.05, 3.63) is 65.5 Å². The largest absolute Gasteiger partial charge is 0.334 e. The van der Waals surface area contributed by atoms with E-state index < -0.39 is 0 Å². The standard InChI is InChI=1S/C28H36FN3O2/c1-19(33)22-7-5-9-25(18-22)31-28(34)32-27-11-3-2-10-26(27)30-24-8-4-6-21(17-24)16-20-12-14-23(29)15-13-20/h5,7,9,12-15,18,21,24,26-27,30H,2-4,6,8,10-11,16-17H2,1H3,(H2,31,32,34)/t21-,24+,26-,27-/m1/s1. The quantitative estimate of drug-likeness (QED) is 0.449. The van der Waals surface area contributed by atoms with E-state index in [4.69, 9.17) is 0 Å². The van der Waals surface area contributed by atoms with Gasteiger partial charge >= 0.3 is 6.03 Å². The Morgan fingerprint density at radius 1 is 0.941 bits per heavy atom. The number of benzene rings is 2. The van der Waals surface area contributed by atoms with Gasteiger partial charge in [-0.3, -0.25) is 4.79 Å². The maximum atomic E-state index is 13.2. The highest BCUT2D eigenvalue weighted by molar-refractivity contribution is 5.96. The summed E-state index contributed by atoms with van der Waals surface area (Å²) in [5.41, 5.74) is 2.42. The van der Waals surface area contributed by atoms with Crippen molar-refractivity contribution >= 4 is 17.5 Å². The summed E-state index contributed by atoms with van der Waals surface area (Å²) >= 11 is 0. The minimum atomic E-state index is -0.225. The number of nitrogens with one attached hydrogen (secondary N) is 3. The van der Waals surface area contributed by atoms with Crippen LogP contribution in [0.15, 0.2) is 48.5 Å². The zero-order valence-electron chi connectivity index (χ0n) is 20.0. The van der Waals surface area contributed by atoms with Crippen LogP contribution in [0.25, 0.3) is 0 Å². The maximum absolute atomic E-state index is 13.2. The molecule has 0 radical (unpaired) electrons. The van der Waals surface area contributed by atoms with Crippen LogP contribution in [0, 0.1) is 11.7 Å². The molecule has 5 nitrogen and oxygen atoms in total. The van der Waals surface area contributed by atoms with Gasteiger partial charge in [0.2, 0.25) is 0 Å². The summed E-state index contributed by atoms with van der Waals surface area (Å²) in [6.45, 7) is 1.52. The van der Waals surface area contributed by atoms with E-state index in [1.54, 1.807) is 36.4 Å². The van der Waals surface area contributed by atoms with E-state index in [-0.39, 0.29) is 29.7 Å². The summed E-state index contributed by atoms with van der Waals surface area (Å²) < 4.78 is 13.2. The topological polar surface area (TPSA) is 70.2 Å². The van der Waals surface area contributed by atoms with Gasteiger partial charge < -0.3 is 16.0 Å². The number of amides is 2. The molecule has 0 aliphatic heterocycles. The second-order valence-electron chi connectivity index (χ2n) is 9.96. The molecule has 3 N–H and O–H groups in total. The van der Waals surface area contributed by atoms with E-state index in [1.807, 2.05) is 12.1 Å². The number of anilines is 1. The average molecular weight is 466 g/mol. The highest BCUT2D eigenvalue weighted by Crippen LogP contribution is 2.29. The van der Waals surface area contributed by atoms with Gasteiger partial charge in [-0.1, -0.05) is 49.9 Å². The summed E-state index contributed by atoms with van der Waals surface area (Å²) in [6.07, 6.45) is 9.98. The Hall–Kier alpha value is -2.73. The summed E-state index contributed by atoms with van der Waals surface area (Å²) in [4.78, 5) is 24.3. The molecule has 6 heteroatoms. The number of halogens is 1. The van der Waals surface area contributed by atoms with Crippen LogP contribution < -0.4 is 16.0 Å². The predicted octanol–water partition coefficient (Wildman–Crippen LogP) is 5.85. The molecule has 2 aromatic rings. The first kappa shape index (κ1) is 24.4. The minimum Gasteiger partial charge on any atom is -0.334 e. The lowest BCUT2D eigenvalue weighted by Gasteiger charge is -2.38. The third kappa shape index (κ3) is 6.89. The SMILES string of the molecule is CC(=O)c1cccc(NC(=O)N[C@@H]2CCCC[C@H]2N[C@H]2CCC[C@H](Cc3ccc(F)cc3)C2)c1. The highest BCUT2D eigenvalue weighted by atomic mass is 19.1. The Balaban J connectivity index is 1.30. The van der Waals surface area contributed by atoms with E-state index in [9.17, 15) is 14.0 Å². The molecule has 0 bridgehead atoms. The van der Waals surface area contributed by atoms with Crippen LogP contribution in [-0.4, -0.2) is 29.9 Å². The second kappa shape index (κ2) is 11.6. The molecular weight excluding hydrogens is 429 g/mol. The summed E-state index contributed by atoms with van der Waals surface area (Å²) in [5, 5.41) is 9.95. The van der Waals surface area contributed by atoms with Gasteiger partial charge in [0.1, 0.15) is 5.82 Å². The van der Waals surface area contributed by atoms with Crippen LogP contribution in [0.1, 0.15) is 74.2 Å². The molecule has 0 spiro atoms. The molecule has 0 aromatic heterocycles. The monoisotopic (exact) mass is 465 g/mol. The van der Waals surface area contributed by atoms with Crippen LogP contribution in [0.2, 0.25) is 0 Å².